The van der Waals surface area contributed by atoms with E-state index in [0.717, 1.165) is 30.4 Å². The number of nitrogens with one attached hydrogen (secondary N) is 1. The first kappa shape index (κ1) is 15.3. The quantitative estimate of drug-likeness (QED) is 0.917. The number of ether oxygens (including phenoxy) is 1. The van der Waals surface area contributed by atoms with E-state index in [2.05, 4.69) is 20.2 Å². The Bertz CT molecular complexity index is 649. The van der Waals surface area contributed by atoms with Crippen molar-refractivity contribution >= 4 is 17.5 Å². The minimum Gasteiger partial charge on any atom is -0.497 e. The van der Waals surface area contributed by atoms with Gasteiger partial charge >= 0.3 is 0 Å². The standard InChI is InChI=1S/C17H20N4O2/c1-23-15-6-4-13(5-7-15)10-16(22)20-14-11-18-17(19-12-14)21-8-2-3-9-21/h4-7,11-12H,2-3,8-10H2,1H3,(H,20,22). The van der Waals surface area contributed by atoms with Crippen molar-refractivity contribution < 1.29 is 9.53 Å². The van der Waals surface area contributed by atoms with E-state index in [1.807, 2.05) is 24.3 Å². The molecule has 1 saturated heterocycles. The molecule has 2 heterocycles. The van der Waals surface area contributed by atoms with E-state index in [4.69, 9.17) is 4.74 Å². The summed E-state index contributed by atoms with van der Waals surface area (Å²) in [6.07, 6.45) is 5.99. The van der Waals surface area contributed by atoms with Crippen molar-refractivity contribution in [3.8, 4) is 5.75 Å². The van der Waals surface area contributed by atoms with Crippen molar-refractivity contribution in [1.29, 1.82) is 0 Å². The fourth-order valence-corrected chi connectivity index (χ4v) is 2.60. The van der Waals surface area contributed by atoms with Crippen molar-refractivity contribution in [2.45, 2.75) is 19.3 Å². The topological polar surface area (TPSA) is 67.3 Å². The van der Waals surface area contributed by atoms with Crippen molar-refractivity contribution in [2.24, 2.45) is 0 Å². The third kappa shape index (κ3) is 3.97. The van der Waals surface area contributed by atoms with Crippen molar-refractivity contribution in [3.63, 3.8) is 0 Å². The highest BCUT2D eigenvalue weighted by molar-refractivity contribution is 5.92. The van der Waals surface area contributed by atoms with E-state index in [1.54, 1.807) is 19.5 Å². The molecule has 1 amide bonds. The minimum absolute atomic E-state index is 0.0901. The van der Waals surface area contributed by atoms with Crippen LogP contribution in [0.5, 0.6) is 5.75 Å². The van der Waals surface area contributed by atoms with E-state index in [9.17, 15) is 4.79 Å². The second-order valence-electron chi connectivity index (χ2n) is 5.54. The van der Waals surface area contributed by atoms with Crippen LogP contribution in [0.1, 0.15) is 18.4 Å². The number of carbonyl (C=O) groups excluding carboxylic acids is 1. The Labute approximate surface area is 135 Å². The van der Waals surface area contributed by atoms with Crippen molar-refractivity contribution in [1.82, 2.24) is 9.97 Å². The van der Waals surface area contributed by atoms with Gasteiger partial charge in [-0.05, 0) is 30.5 Å². The third-order valence-electron chi connectivity index (χ3n) is 3.83. The molecule has 1 aliphatic heterocycles. The maximum Gasteiger partial charge on any atom is 0.228 e. The van der Waals surface area contributed by atoms with Gasteiger partial charge < -0.3 is 15.0 Å². The van der Waals surface area contributed by atoms with Gasteiger partial charge in [-0.25, -0.2) is 9.97 Å². The maximum absolute atomic E-state index is 12.1. The molecule has 120 valence electrons. The van der Waals surface area contributed by atoms with Gasteiger partial charge in [0.15, 0.2) is 0 Å². The lowest BCUT2D eigenvalue weighted by Crippen LogP contribution is -2.21. The fraction of sp³-hybridized carbons (Fsp3) is 0.353. The predicted octanol–water partition coefficient (Wildman–Crippen LogP) is 2.27. The second-order valence-corrected chi connectivity index (χ2v) is 5.54. The summed E-state index contributed by atoms with van der Waals surface area (Å²) in [4.78, 5) is 22.9. The van der Waals surface area contributed by atoms with E-state index in [1.165, 1.54) is 12.8 Å². The molecular formula is C17H20N4O2. The molecule has 1 aliphatic rings. The molecule has 6 heteroatoms. The average molecular weight is 312 g/mol. The summed E-state index contributed by atoms with van der Waals surface area (Å²) in [5.41, 5.74) is 1.55. The average Bonchev–Trinajstić information content (AvgIpc) is 3.11. The lowest BCUT2D eigenvalue weighted by Gasteiger charge is -2.14. The number of aromatic nitrogens is 2. The highest BCUT2D eigenvalue weighted by Crippen LogP contribution is 2.16. The molecular weight excluding hydrogens is 292 g/mol. The molecule has 0 unspecified atom stereocenters. The normalized spacial score (nSPS) is 13.9. The molecule has 2 aromatic rings. The van der Waals surface area contributed by atoms with Crippen LogP contribution in [0, 0.1) is 0 Å². The predicted molar refractivity (Wildman–Crippen MR) is 88.8 cm³/mol. The number of carbonyl (C=O) groups is 1. The fourth-order valence-electron chi connectivity index (χ4n) is 2.60. The van der Waals surface area contributed by atoms with Crippen LogP contribution in [0.2, 0.25) is 0 Å². The van der Waals surface area contributed by atoms with E-state index >= 15 is 0 Å². The number of anilines is 2. The first-order chi connectivity index (χ1) is 11.2. The van der Waals surface area contributed by atoms with Crippen LogP contribution >= 0.6 is 0 Å². The van der Waals surface area contributed by atoms with Crippen molar-refractivity contribution in [2.75, 3.05) is 30.4 Å². The Morgan fingerprint density at radius 1 is 1.17 bits per heavy atom. The second kappa shape index (κ2) is 7.09. The Hall–Kier alpha value is -2.63. The Kier molecular flexibility index (Phi) is 4.71. The van der Waals surface area contributed by atoms with Gasteiger partial charge in [0.1, 0.15) is 5.75 Å². The summed E-state index contributed by atoms with van der Waals surface area (Å²) in [6, 6.07) is 7.45. The van der Waals surface area contributed by atoms with Gasteiger partial charge in [-0.2, -0.15) is 0 Å². The molecule has 0 radical (unpaired) electrons. The zero-order valence-corrected chi connectivity index (χ0v) is 13.2. The van der Waals surface area contributed by atoms with Crippen LogP contribution < -0.4 is 15.0 Å². The van der Waals surface area contributed by atoms with Crippen LogP contribution in [0.25, 0.3) is 0 Å². The summed E-state index contributed by atoms with van der Waals surface area (Å²) >= 11 is 0. The highest BCUT2D eigenvalue weighted by atomic mass is 16.5. The summed E-state index contributed by atoms with van der Waals surface area (Å²) in [6.45, 7) is 2.01. The third-order valence-corrected chi connectivity index (χ3v) is 3.83. The van der Waals surface area contributed by atoms with Gasteiger partial charge in [-0.15, -0.1) is 0 Å². The van der Waals surface area contributed by atoms with Gasteiger partial charge in [0.2, 0.25) is 11.9 Å². The zero-order chi connectivity index (χ0) is 16.1. The van der Waals surface area contributed by atoms with Gasteiger partial charge in [-0.1, -0.05) is 12.1 Å². The SMILES string of the molecule is COc1ccc(CC(=O)Nc2cnc(N3CCCC3)nc2)cc1. The number of nitrogens with zero attached hydrogens (tertiary/aromatic N) is 3. The number of methoxy groups -OCH3 is 1. The van der Waals surface area contributed by atoms with Crippen LogP contribution in [0.15, 0.2) is 36.7 Å². The van der Waals surface area contributed by atoms with Gasteiger partial charge in [0.25, 0.3) is 0 Å². The van der Waals surface area contributed by atoms with Gasteiger partial charge in [0.05, 0.1) is 31.6 Å². The summed E-state index contributed by atoms with van der Waals surface area (Å²) in [5.74, 6) is 1.42. The van der Waals surface area contributed by atoms with Crippen LogP contribution in [-0.4, -0.2) is 36.1 Å². The molecule has 1 N–H and O–H groups in total. The van der Waals surface area contributed by atoms with Crippen LogP contribution in [0.3, 0.4) is 0 Å². The van der Waals surface area contributed by atoms with E-state index < -0.39 is 0 Å². The first-order valence-electron chi connectivity index (χ1n) is 7.74. The summed E-state index contributed by atoms with van der Waals surface area (Å²) in [5, 5.41) is 2.82. The van der Waals surface area contributed by atoms with Crippen LogP contribution in [0.4, 0.5) is 11.6 Å². The Balaban J connectivity index is 1.56. The highest BCUT2D eigenvalue weighted by Gasteiger charge is 2.14. The summed E-state index contributed by atoms with van der Waals surface area (Å²) < 4.78 is 5.10. The number of rotatable bonds is 5. The molecule has 1 aromatic heterocycles. The maximum atomic E-state index is 12.1. The molecule has 1 fully saturated rings. The molecule has 3 rings (SSSR count). The smallest absolute Gasteiger partial charge is 0.228 e. The minimum atomic E-state index is -0.0901. The number of benzene rings is 1. The Morgan fingerprint density at radius 2 is 1.83 bits per heavy atom. The molecule has 6 nitrogen and oxygen atoms in total. The summed E-state index contributed by atoms with van der Waals surface area (Å²) in [7, 11) is 1.62. The largest absolute Gasteiger partial charge is 0.497 e. The van der Waals surface area contributed by atoms with Gasteiger partial charge in [0, 0.05) is 13.1 Å². The molecule has 0 saturated carbocycles. The lowest BCUT2D eigenvalue weighted by atomic mass is 10.1. The molecule has 0 aliphatic carbocycles. The molecule has 0 bridgehead atoms. The monoisotopic (exact) mass is 312 g/mol. The number of amides is 1. The Morgan fingerprint density at radius 3 is 2.43 bits per heavy atom. The van der Waals surface area contributed by atoms with Crippen molar-refractivity contribution in [3.05, 3.63) is 42.2 Å². The van der Waals surface area contributed by atoms with E-state index in [-0.39, 0.29) is 5.91 Å². The molecule has 0 atom stereocenters. The van der Waals surface area contributed by atoms with Gasteiger partial charge in [-0.3, -0.25) is 4.79 Å². The lowest BCUT2D eigenvalue weighted by molar-refractivity contribution is -0.115. The molecule has 0 spiro atoms. The van der Waals surface area contributed by atoms with Crippen LogP contribution in [-0.2, 0) is 11.2 Å². The first-order valence-corrected chi connectivity index (χ1v) is 7.74. The number of hydrogen-bond acceptors (Lipinski definition) is 5. The van der Waals surface area contributed by atoms with E-state index in [0.29, 0.717) is 12.1 Å². The molecule has 1 aromatic carbocycles. The zero-order valence-electron chi connectivity index (χ0n) is 13.2. The molecule has 23 heavy (non-hydrogen) atoms. The number of hydrogen-bond donors (Lipinski definition) is 1.